The molecule has 0 radical (unpaired) electrons. The molecule has 2 N–H and O–H groups in total. The first kappa shape index (κ1) is 10.7. The topological polar surface area (TPSA) is 26.0 Å². The van der Waals surface area contributed by atoms with Crippen LogP contribution in [0.15, 0.2) is 16.6 Å². The largest absolute Gasteiger partial charge is 0.417 e. The predicted molar refractivity (Wildman–Crippen MR) is 48.6 cm³/mol. The fourth-order valence-corrected chi connectivity index (χ4v) is 1.41. The van der Waals surface area contributed by atoms with Gasteiger partial charge in [-0.25, -0.2) is 0 Å². The van der Waals surface area contributed by atoms with Crippen LogP contribution >= 0.6 is 27.5 Å². The molecular formula is C7H4BrClF3N. The molecule has 0 saturated carbocycles. The van der Waals surface area contributed by atoms with Crippen molar-refractivity contribution in [3.05, 3.63) is 27.2 Å². The normalized spacial score (nSPS) is 11.8. The molecular weight excluding hydrogens is 270 g/mol. The van der Waals surface area contributed by atoms with Gasteiger partial charge in [0.2, 0.25) is 0 Å². The lowest BCUT2D eigenvalue weighted by Crippen LogP contribution is -2.06. The molecule has 0 aliphatic carbocycles. The Bertz CT molecular complexity index is 337. The summed E-state index contributed by atoms with van der Waals surface area (Å²) in [7, 11) is 0. The van der Waals surface area contributed by atoms with Crippen molar-refractivity contribution in [1.82, 2.24) is 0 Å². The molecule has 0 heterocycles. The number of hydrogen-bond acceptors (Lipinski definition) is 1. The number of alkyl halides is 3. The molecule has 0 bridgehead atoms. The molecule has 0 aromatic heterocycles. The van der Waals surface area contributed by atoms with Crippen LogP contribution in [0.4, 0.5) is 18.9 Å². The highest BCUT2D eigenvalue weighted by atomic mass is 79.9. The number of nitrogens with two attached hydrogens (primary N) is 1. The number of anilines is 1. The first-order chi connectivity index (χ1) is 5.84. The molecule has 1 nitrogen and oxygen atoms in total. The summed E-state index contributed by atoms with van der Waals surface area (Å²) >= 11 is 8.30. The number of halogens is 5. The molecule has 1 aromatic carbocycles. The lowest BCUT2D eigenvalue weighted by atomic mass is 10.2. The fourth-order valence-electron chi connectivity index (χ4n) is 0.783. The van der Waals surface area contributed by atoms with Crippen LogP contribution in [0.5, 0.6) is 0 Å². The number of nitrogen functional groups attached to an aromatic ring is 1. The van der Waals surface area contributed by atoms with E-state index >= 15 is 0 Å². The zero-order chi connectivity index (χ0) is 10.2. The van der Waals surface area contributed by atoms with Gasteiger partial charge in [0, 0.05) is 5.69 Å². The predicted octanol–water partition coefficient (Wildman–Crippen LogP) is 3.70. The molecule has 0 spiro atoms. The van der Waals surface area contributed by atoms with E-state index in [0.29, 0.717) is 0 Å². The highest BCUT2D eigenvalue weighted by molar-refractivity contribution is 9.10. The minimum absolute atomic E-state index is 0.0731. The third-order valence-electron chi connectivity index (χ3n) is 1.42. The summed E-state index contributed by atoms with van der Waals surface area (Å²) in [6.45, 7) is 0. The number of rotatable bonds is 0. The number of hydrogen-bond donors (Lipinski definition) is 1. The molecule has 13 heavy (non-hydrogen) atoms. The Morgan fingerprint density at radius 2 is 1.85 bits per heavy atom. The first-order valence-corrected chi connectivity index (χ1v) is 4.32. The Morgan fingerprint density at radius 3 is 2.31 bits per heavy atom. The maximum absolute atomic E-state index is 12.2. The van der Waals surface area contributed by atoms with Crippen molar-refractivity contribution in [2.24, 2.45) is 0 Å². The molecule has 0 fully saturated rings. The molecule has 0 amide bonds. The van der Waals surface area contributed by atoms with Gasteiger partial charge in [-0.2, -0.15) is 13.2 Å². The van der Waals surface area contributed by atoms with Gasteiger partial charge >= 0.3 is 6.18 Å². The van der Waals surface area contributed by atoms with Gasteiger partial charge in [-0.05, 0) is 28.1 Å². The van der Waals surface area contributed by atoms with Crippen LogP contribution in [-0.4, -0.2) is 0 Å². The van der Waals surface area contributed by atoms with E-state index in [0.717, 1.165) is 12.1 Å². The summed E-state index contributed by atoms with van der Waals surface area (Å²) in [5, 5.41) is -0.410. The lowest BCUT2D eigenvalue weighted by Gasteiger charge is -2.10. The molecule has 0 unspecified atom stereocenters. The van der Waals surface area contributed by atoms with Crippen LogP contribution < -0.4 is 5.73 Å². The SMILES string of the molecule is Nc1ccc(C(F)(F)F)c(Cl)c1Br. The van der Waals surface area contributed by atoms with E-state index in [1.807, 2.05) is 0 Å². The quantitative estimate of drug-likeness (QED) is 0.717. The van der Waals surface area contributed by atoms with E-state index in [-0.39, 0.29) is 10.2 Å². The van der Waals surface area contributed by atoms with Gasteiger partial charge in [0.1, 0.15) is 0 Å². The van der Waals surface area contributed by atoms with Crippen LogP contribution in [-0.2, 0) is 6.18 Å². The molecule has 0 atom stereocenters. The Hall–Kier alpha value is -0.420. The second-order valence-corrected chi connectivity index (χ2v) is 3.50. The van der Waals surface area contributed by atoms with Crippen LogP contribution in [0.3, 0.4) is 0 Å². The van der Waals surface area contributed by atoms with Crippen molar-refractivity contribution in [2.75, 3.05) is 5.73 Å². The van der Waals surface area contributed by atoms with Crippen molar-refractivity contribution < 1.29 is 13.2 Å². The van der Waals surface area contributed by atoms with Gasteiger partial charge in [-0.1, -0.05) is 11.6 Å². The van der Waals surface area contributed by atoms with Crippen molar-refractivity contribution in [3.63, 3.8) is 0 Å². The third-order valence-corrected chi connectivity index (χ3v) is 2.89. The molecule has 0 aliphatic rings. The second-order valence-electron chi connectivity index (χ2n) is 2.33. The minimum atomic E-state index is -4.45. The Labute approximate surface area is 85.8 Å². The third kappa shape index (κ3) is 2.08. The highest BCUT2D eigenvalue weighted by Gasteiger charge is 2.34. The van der Waals surface area contributed by atoms with Crippen molar-refractivity contribution in [1.29, 1.82) is 0 Å². The molecule has 1 aromatic rings. The van der Waals surface area contributed by atoms with E-state index in [9.17, 15) is 13.2 Å². The first-order valence-electron chi connectivity index (χ1n) is 3.14. The van der Waals surface area contributed by atoms with E-state index < -0.39 is 16.8 Å². The van der Waals surface area contributed by atoms with Crippen LogP contribution in [0.25, 0.3) is 0 Å². The maximum Gasteiger partial charge on any atom is 0.417 e. The molecule has 6 heteroatoms. The van der Waals surface area contributed by atoms with Crippen molar-refractivity contribution >= 4 is 33.2 Å². The lowest BCUT2D eigenvalue weighted by molar-refractivity contribution is -0.137. The standard InChI is InChI=1S/C7H4BrClF3N/c8-5-4(13)2-1-3(6(5)9)7(10,11)12/h1-2H,13H2. The van der Waals surface area contributed by atoms with Gasteiger partial charge < -0.3 is 5.73 Å². The van der Waals surface area contributed by atoms with Gasteiger partial charge in [-0.3, -0.25) is 0 Å². The Kier molecular flexibility index (Phi) is 2.77. The Balaban J connectivity index is 3.35. The molecule has 72 valence electrons. The van der Waals surface area contributed by atoms with Crippen LogP contribution in [0, 0.1) is 0 Å². The van der Waals surface area contributed by atoms with E-state index in [1.165, 1.54) is 0 Å². The van der Waals surface area contributed by atoms with Gasteiger partial charge in [-0.15, -0.1) is 0 Å². The molecule has 1 rings (SSSR count). The maximum atomic E-state index is 12.2. The zero-order valence-corrected chi connectivity index (χ0v) is 8.46. The molecule has 0 aliphatic heterocycles. The summed E-state index contributed by atoms with van der Waals surface area (Å²) < 4.78 is 36.7. The average Bonchev–Trinajstić information content (AvgIpc) is 1.98. The van der Waals surface area contributed by atoms with Gasteiger partial charge in [0.15, 0.2) is 0 Å². The summed E-state index contributed by atoms with van der Waals surface area (Å²) in [6, 6.07) is 2.00. The van der Waals surface area contributed by atoms with Crippen molar-refractivity contribution in [2.45, 2.75) is 6.18 Å². The number of benzene rings is 1. The van der Waals surface area contributed by atoms with Gasteiger partial charge in [0.25, 0.3) is 0 Å². The summed E-state index contributed by atoms with van der Waals surface area (Å²) in [4.78, 5) is 0. The zero-order valence-electron chi connectivity index (χ0n) is 6.12. The van der Waals surface area contributed by atoms with Gasteiger partial charge in [0.05, 0.1) is 15.1 Å². The average molecular weight is 274 g/mol. The summed E-state index contributed by atoms with van der Waals surface area (Å²) in [5.74, 6) is 0. The second kappa shape index (κ2) is 3.38. The smallest absolute Gasteiger partial charge is 0.398 e. The Morgan fingerprint density at radius 1 is 1.31 bits per heavy atom. The monoisotopic (exact) mass is 273 g/mol. The van der Waals surface area contributed by atoms with Crippen LogP contribution in [0.1, 0.15) is 5.56 Å². The molecule has 0 saturated heterocycles. The fraction of sp³-hybridized carbons (Fsp3) is 0.143. The van der Waals surface area contributed by atoms with E-state index in [4.69, 9.17) is 17.3 Å². The summed E-state index contributed by atoms with van der Waals surface area (Å²) in [5.41, 5.74) is 4.62. The minimum Gasteiger partial charge on any atom is -0.398 e. The van der Waals surface area contributed by atoms with Crippen LogP contribution in [0.2, 0.25) is 5.02 Å². The van der Waals surface area contributed by atoms with Crippen molar-refractivity contribution in [3.8, 4) is 0 Å². The highest BCUT2D eigenvalue weighted by Crippen LogP contribution is 2.40. The van der Waals surface area contributed by atoms with E-state index in [2.05, 4.69) is 15.9 Å². The van der Waals surface area contributed by atoms with E-state index in [1.54, 1.807) is 0 Å². The summed E-state index contributed by atoms with van der Waals surface area (Å²) in [6.07, 6.45) is -4.45.